The summed E-state index contributed by atoms with van der Waals surface area (Å²) >= 11 is 0. The van der Waals surface area contributed by atoms with E-state index in [4.69, 9.17) is 4.74 Å². The Labute approximate surface area is 118 Å². The lowest BCUT2D eigenvalue weighted by atomic mass is 10.00. The van der Waals surface area contributed by atoms with E-state index in [1.165, 1.54) is 12.0 Å². The Morgan fingerprint density at radius 2 is 2.10 bits per heavy atom. The van der Waals surface area contributed by atoms with Gasteiger partial charge in [-0.15, -0.1) is 0 Å². The molecule has 1 N–H and O–H groups in total. The molecule has 114 valence electrons. The summed E-state index contributed by atoms with van der Waals surface area (Å²) in [7, 11) is 1.25. The third kappa shape index (κ3) is 4.80. The lowest BCUT2D eigenvalue weighted by Gasteiger charge is -2.35. The topological polar surface area (TPSA) is 84.9 Å². The van der Waals surface area contributed by atoms with Gasteiger partial charge in [0.15, 0.2) is 0 Å². The fourth-order valence-electron chi connectivity index (χ4n) is 2.06. The van der Waals surface area contributed by atoms with Crippen LogP contribution in [0.25, 0.3) is 0 Å². The van der Waals surface area contributed by atoms with Gasteiger partial charge in [-0.25, -0.2) is 4.79 Å². The molecule has 0 aromatic heterocycles. The van der Waals surface area contributed by atoms with Crippen molar-refractivity contribution in [3.8, 4) is 0 Å². The van der Waals surface area contributed by atoms with Gasteiger partial charge in [-0.1, -0.05) is 13.8 Å². The molecule has 20 heavy (non-hydrogen) atoms. The van der Waals surface area contributed by atoms with Crippen LogP contribution in [0.2, 0.25) is 0 Å². The first-order valence-electron chi connectivity index (χ1n) is 6.67. The minimum atomic E-state index is -0.534. The maximum Gasteiger partial charge on any atom is 0.331 e. The zero-order chi connectivity index (χ0) is 15.1. The molecule has 1 saturated heterocycles. The Balaban J connectivity index is 2.54. The number of methoxy groups -OCH3 is 1. The second kappa shape index (κ2) is 7.84. The molecule has 7 nitrogen and oxygen atoms in total. The SMILES string of the molecule is COC(=O)COCC(=O)N1CCNC(=O)[C@@H]1CC(C)C. The van der Waals surface area contributed by atoms with Crippen LogP contribution in [-0.2, 0) is 23.9 Å². The van der Waals surface area contributed by atoms with Crippen molar-refractivity contribution in [1.82, 2.24) is 10.2 Å². The molecule has 0 radical (unpaired) electrons. The molecule has 1 aliphatic heterocycles. The summed E-state index contributed by atoms with van der Waals surface area (Å²) in [4.78, 5) is 36.3. The Kier molecular flexibility index (Phi) is 6.44. The highest BCUT2D eigenvalue weighted by molar-refractivity contribution is 5.89. The van der Waals surface area contributed by atoms with Gasteiger partial charge in [0.05, 0.1) is 7.11 Å². The van der Waals surface area contributed by atoms with Gasteiger partial charge < -0.3 is 19.7 Å². The van der Waals surface area contributed by atoms with Gasteiger partial charge in [-0.2, -0.15) is 0 Å². The summed E-state index contributed by atoms with van der Waals surface area (Å²) in [5, 5.41) is 2.76. The third-order valence-corrected chi connectivity index (χ3v) is 3.02. The summed E-state index contributed by atoms with van der Waals surface area (Å²) < 4.78 is 9.41. The van der Waals surface area contributed by atoms with Gasteiger partial charge in [-0.3, -0.25) is 9.59 Å². The molecule has 0 spiro atoms. The van der Waals surface area contributed by atoms with Crippen molar-refractivity contribution in [2.75, 3.05) is 33.4 Å². The standard InChI is InChI=1S/C13H22N2O5/c1-9(2)6-10-13(18)14-4-5-15(10)11(16)7-20-8-12(17)19-3/h9-10H,4-8H2,1-3H3,(H,14,18)/t10-/m0/s1. The van der Waals surface area contributed by atoms with Crippen molar-refractivity contribution in [3.63, 3.8) is 0 Å². The first-order chi connectivity index (χ1) is 9.45. The Hall–Kier alpha value is -1.63. The number of ether oxygens (including phenoxy) is 2. The van der Waals surface area contributed by atoms with E-state index in [2.05, 4.69) is 10.1 Å². The molecule has 0 aliphatic carbocycles. The smallest absolute Gasteiger partial charge is 0.331 e. The number of nitrogens with zero attached hydrogens (tertiary/aromatic N) is 1. The molecule has 2 amide bonds. The molecule has 0 unspecified atom stereocenters. The van der Waals surface area contributed by atoms with Crippen LogP contribution in [-0.4, -0.2) is 62.1 Å². The molecule has 1 fully saturated rings. The minimum absolute atomic E-state index is 0.133. The van der Waals surface area contributed by atoms with Crippen molar-refractivity contribution < 1.29 is 23.9 Å². The number of esters is 1. The molecule has 0 bridgehead atoms. The number of piperazine rings is 1. The van der Waals surface area contributed by atoms with Gasteiger partial charge in [0.1, 0.15) is 19.3 Å². The summed E-state index contributed by atoms with van der Waals surface area (Å²) in [6.07, 6.45) is 0.606. The number of rotatable bonds is 6. The molecule has 1 heterocycles. The second-order valence-electron chi connectivity index (χ2n) is 5.09. The Morgan fingerprint density at radius 3 is 2.70 bits per heavy atom. The van der Waals surface area contributed by atoms with Gasteiger partial charge in [-0.05, 0) is 12.3 Å². The number of nitrogens with one attached hydrogen (secondary N) is 1. The van der Waals surface area contributed by atoms with E-state index in [1.54, 1.807) is 0 Å². The fourth-order valence-corrected chi connectivity index (χ4v) is 2.06. The van der Waals surface area contributed by atoms with Crippen LogP contribution >= 0.6 is 0 Å². The van der Waals surface area contributed by atoms with Crippen LogP contribution in [0.15, 0.2) is 0 Å². The summed E-state index contributed by atoms with van der Waals surface area (Å²) in [5.41, 5.74) is 0. The minimum Gasteiger partial charge on any atom is -0.467 e. The summed E-state index contributed by atoms with van der Waals surface area (Å²) in [5.74, 6) is -0.649. The van der Waals surface area contributed by atoms with E-state index in [0.29, 0.717) is 25.4 Å². The second-order valence-corrected chi connectivity index (χ2v) is 5.09. The van der Waals surface area contributed by atoms with E-state index in [1.807, 2.05) is 13.8 Å². The zero-order valence-electron chi connectivity index (χ0n) is 12.2. The molecule has 7 heteroatoms. The van der Waals surface area contributed by atoms with Crippen LogP contribution in [0.1, 0.15) is 20.3 Å². The number of carbonyl (C=O) groups excluding carboxylic acids is 3. The normalized spacial score (nSPS) is 18.9. The maximum atomic E-state index is 12.1. The predicted molar refractivity (Wildman–Crippen MR) is 70.8 cm³/mol. The van der Waals surface area contributed by atoms with Gasteiger partial charge >= 0.3 is 5.97 Å². The van der Waals surface area contributed by atoms with Crippen molar-refractivity contribution >= 4 is 17.8 Å². The molecular formula is C13H22N2O5. The lowest BCUT2D eigenvalue weighted by Crippen LogP contribution is -2.58. The van der Waals surface area contributed by atoms with E-state index >= 15 is 0 Å². The van der Waals surface area contributed by atoms with Crippen LogP contribution in [0.3, 0.4) is 0 Å². The zero-order valence-corrected chi connectivity index (χ0v) is 12.2. The van der Waals surface area contributed by atoms with Crippen LogP contribution in [0.4, 0.5) is 0 Å². The monoisotopic (exact) mass is 286 g/mol. The lowest BCUT2D eigenvalue weighted by molar-refractivity contribution is -0.152. The van der Waals surface area contributed by atoms with Crippen molar-refractivity contribution in [1.29, 1.82) is 0 Å². The highest BCUT2D eigenvalue weighted by Crippen LogP contribution is 2.14. The molecule has 1 rings (SSSR count). The van der Waals surface area contributed by atoms with Crippen LogP contribution in [0.5, 0.6) is 0 Å². The van der Waals surface area contributed by atoms with Crippen LogP contribution in [0, 0.1) is 5.92 Å². The largest absolute Gasteiger partial charge is 0.467 e. The average molecular weight is 286 g/mol. The maximum absolute atomic E-state index is 12.1. The van der Waals surface area contributed by atoms with Gasteiger partial charge in [0.2, 0.25) is 11.8 Å². The first kappa shape index (κ1) is 16.4. The number of carbonyl (C=O) groups is 3. The van der Waals surface area contributed by atoms with Gasteiger partial charge in [0.25, 0.3) is 0 Å². The molecule has 0 saturated carbocycles. The quantitative estimate of drug-likeness (QED) is 0.668. The van der Waals surface area contributed by atoms with Crippen molar-refractivity contribution in [2.24, 2.45) is 5.92 Å². The first-order valence-corrected chi connectivity index (χ1v) is 6.67. The average Bonchev–Trinajstić information content (AvgIpc) is 2.40. The number of hydrogen-bond acceptors (Lipinski definition) is 5. The Morgan fingerprint density at radius 1 is 1.40 bits per heavy atom. The predicted octanol–water partition coefficient (Wildman–Crippen LogP) is -0.451. The number of amides is 2. The third-order valence-electron chi connectivity index (χ3n) is 3.02. The van der Waals surface area contributed by atoms with Crippen molar-refractivity contribution in [3.05, 3.63) is 0 Å². The molecule has 1 atom stereocenters. The summed E-state index contributed by atoms with van der Waals surface area (Å²) in [6.45, 7) is 4.41. The van der Waals surface area contributed by atoms with E-state index in [9.17, 15) is 14.4 Å². The van der Waals surface area contributed by atoms with Crippen molar-refractivity contribution in [2.45, 2.75) is 26.3 Å². The molecule has 1 aliphatic rings. The highest BCUT2D eigenvalue weighted by atomic mass is 16.6. The fraction of sp³-hybridized carbons (Fsp3) is 0.769. The van der Waals surface area contributed by atoms with E-state index in [0.717, 1.165) is 0 Å². The Bertz CT molecular complexity index is 370. The van der Waals surface area contributed by atoms with Crippen LogP contribution < -0.4 is 5.32 Å². The number of hydrogen-bond donors (Lipinski definition) is 1. The molecular weight excluding hydrogens is 264 g/mol. The van der Waals surface area contributed by atoms with E-state index in [-0.39, 0.29) is 25.0 Å². The summed E-state index contributed by atoms with van der Waals surface area (Å²) in [6, 6.07) is -0.460. The molecule has 0 aromatic rings. The highest BCUT2D eigenvalue weighted by Gasteiger charge is 2.33. The van der Waals surface area contributed by atoms with Gasteiger partial charge in [0, 0.05) is 13.1 Å². The van der Waals surface area contributed by atoms with E-state index < -0.39 is 12.0 Å². The molecule has 0 aromatic carbocycles.